The van der Waals surface area contributed by atoms with Gasteiger partial charge in [-0.3, -0.25) is 0 Å². The number of aliphatic carboxylic acids is 1. The van der Waals surface area contributed by atoms with Crippen molar-refractivity contribution in [3.8, 4) is 0 Å². The molecule has 2 N–H and O–H groups in total. The predicted molar refractivity (Wildman–Crippen MR) is 143 cm³/mol. The summed E-state index contributed by atoms with van der Waals surface area (Å²) >= 11 is 1.64. The van der Waals surface area contributed by atoms with Gasteiger partial charge in [0, 0.05) is 6.08 Å². The number of fused-ring (bicyclic) bond motifs is 1. The van der Waals surface area contributed by atoms with Crippen molar-refractivity contribution in [2.45, 2.75) is 32.8 Å². The highest BCUT2D eigenvalue weighted by molar-refractivity contribution is 7.16. The molecule has 0 bridgehead atoms. The molecule has 176 valence electrons. The highest BCUT2D eigenvalue weighted by Crippen LogP contribution is 2.46. The minimum Gasteiger partial charge on any atom is -0.478 e. The molecule has 0 atom stereocenters. The predicted octanol–water partition coefficient (Wildman–Crippen LogP) is 6.95. The molecule has 4 nitrogen and oxygen atoms in total. The normalized spacial score (nSPS) is 14.8. The van der Waals surface area contributed by atoms with Gasteiger partial charge in [0.2, 0.25) is 0 Å². The lowest BCUT2D eigenvalue weighted by Gasteiger charge is -2.32. The maximum absolute atomic E-state index is 10.9. The molecule has 0 radical (unpaired) electrons. The third-order valence-electron chi connectivity index (χ3n) is 6.78. The van der Waals surface area contributed by atoms with Crippen LogP contribution in [-0.2, 0) is 11.4 Å². The van der Waals surface area contributed by atoms with Crippen LogP contribution in [0.5, 0.6) is 0 Å². The number of thiazole rings is 1. The van der Waals surface area contributed by atoms with E-state index >= 15 is 0 Å². The summed E-state index contributed by atoms with van der Waals surface area (Å²) in [5.74, 6) is -0.498. The summed E-state index contributed by atoms with van der Waals surface area (Å²) < 4.78 is 1.16. The lowest BCUT2D eigenvalue weighted by Crippen LogP contribution is -2.16. The van der Waals surface area contributed by atoms with E-state index in [0.717, 1.165) is 57.0 Å². The van der Waals surface area contributed by atoms with Gasteiger partial charge >= 0.3 is 5.97 Å². The van der Waals surface area contributed by atoms with Gasteiger partial charge in [-0.05, 0) is 88.4 Å². The number of carboxylic acids is 1. The smallest absolute Gasteiger partial charge is 0.328 e. The second-order valence-electron chi connectivity index (χ2n) is 9.05. The fraction of sp³-hybridized carbons (Fsp3) is 0.200. The molecule has 1 aliphatic rings. The van der Waals surface area contributed by atoms with Gasteiger partial charge in [-0.25, -0.2) is 9.78 Å². The number of benzene rings is 3. The van der Waals surface area contributed by atoms with Crippen LogP contribution in [0.15, 0.2) is 72.3 Å². The Morgan fingerprint density at radius 1 is 1.06 bits per heavy atom. The SMILES string of the molecule is Cc1cc(CO)ccc1C(=C(c1ccc(C=CC(=O)O)cc1)c1ccc2scnc2c1)C1CCC1. The molecule has 3 aromatic carbocycles. The Labute approximate surface area is 208 Å². The lowest BCUT2D eigenvalue weighted by atomic mass is 9.72. The molecule has 1 aromatic heterocycles. The number of carbonyl (C=O) groups is 1. The van der Waals surface area contributed by atoms with Gasteiger partial charge in [0.15, 0.2) is 0 Å². The molecule has 5 rings (SSSR count). The van der Waals surface area contributed by atoms with Gasteiger partial charge in [-0.1, -0.05) is 55.0 Å². The van der Waals surface area contributed by atoms with E-state index in [2.05, 4.69) is 54.4 Å². The first kappa shape index (κ1) is 23.2. The number of rotatable bonds is 7. The largest absolute Gasteiger partial charge is 0.478 e. The third-order valence-corrected chi connectivity index (χ3v) is 7.59. The van der Waals surface area contributed by atoms with E-state index in [9.17, 15) is 9.90 Å². The van der Waals surface area contributed by atoms with E-state index in [0.29, 0.717) is 5.92 Å². The first-order chi connectivity index (χ1) is 17.0. The number of carboxylic acid groups (broad SMARTS) is 1. The van der Waals surface area contributed by atoms with Gasteiger partial charge in [0.25, 0.3) is 0 Å². The van der Waals surface area contributed by atoms with E-state index in [1.54, 1.807) is 17.4 Å². The van der Waals surface area contributed by atoms with Crippen LogP contribution in [0, 0.1) is 12.8 Å². The highest BCUT2D eigenvalue weighted by atomic mass is 32.1. The van der Waals surface area contributed by atoms with Crippen molar-refractivity contribution in [2.24, 2.45) is 5.92 Å². The number of allylic oxidation sites excluding steroid dienone is 1. The highest BCUT2D eigenvalue weighted by Gasteiger charge is 2.28. The number of hydrogen-bond acceptors (Lipinski definition) is 4. The first-order valence-corrected chi connectivity index (χ1v) is 12.7. The summed E-state index contributed by atoms with van der Waals surface area (Å²) in [6.07, 6.45) is 6.30. The molecule has 5 heteroatoms. The van der Waals surface area contributed by atoms with E-state index in [-0.39, 0.29) is 6.61 Å². The maximum Gasteiger partial charge on any atom is 0.328 e. The zero-order valence-corrected chi connectivity index (χ0v) is 20.4. The topological polar surface area (TPSA) is 70.4 Å². The summed E-state index contributed by atoms with van der Waals surface area (Å²) in [4.78, 5) is 15.5. The number of aliphatic hydroxyl groups excluding tert-OH is 1. The number of nitrogens with zero attached hydrogens (tertiary/aromatic N) is 1. The summed E-state index contributed by atoms with van der Waals surface area (Å²) in [5.41, 5.74) is 11.8. The van der Waals surface area contributed by atoms with E-state index < -0.39 is 5.97 Å². The molecule has 1 aliphatic carbocycles. The minimum absolute atomic E-state index is 0.0300. The third kappa shape index (κ3) is 4.83. The molecule has 0 unspecified atom stereocenters. The average molecular weight is 482 g/mol. The zero-order chi connectivity index (χ0) is 24.4. The Morgan fingerprint density at radius 2 is 1.83 bits per heavy atom. The molecular formula is C30H27NO3S. The Morgan fingerprint density at radius 3 is 2.49 bits per heavy atom. The molecule has 0 saturated heterocycles. The van der Waals surface area contributed by atoms with Crippen LogP contribution in [0.2, 0.25) is 0 Å². The van der Waals surface area contributed by atoms with Gasteiger partial charge in [0.1, 0.15) is 0 Å². The standard InChI is InChI=1S/C30H27NO3S/c1-19-15-21(17-32)7-12-25(19)30(22-3-2-4-22)29(24-11-13-27-26(16-24)31-18-35-27)23-9-5-20(6-10-23)8-14-28(33)34/h5-16,18,22,32H,2-4,17H2,1H3,(H,33,34). The van der Waals surface area contributed by atoms with Crippen LogP contribution >= 0.6 is 11.3 Å². The van der Waals surface area contributed by atoms with E-state index in [4.69, 9.17) is 5.11 Å². The molecule has 1 fully saturated rings. The minimum atomic E-state index is -0.958. The molecule has 4 aromatic rings. The molecule has 1 heterocycles. The Balaban J connectivity index is 1.74. The number of aryl methyl sites for hydroxylation is 1. The van der Waals surface area contributed by atoms with Crippen LogP contribution < -0.4 is 0 Å². The van der Waals surface area contributed by atoms with Crippen LogP contribution in [0.3, 0.4) is 0 Å². The summed E-state index contributed by atoms with van der Waals surface area (Å²) in [7, 11) is 0. The molecule has 0 spiro atoms. The number of hydrogen-bond donors (Lipinski definition) is 2. The van der Waals surface area contributed by atoms with Crippen molar-refractivity contribution in [3.63, 3.8) is 0 Å². The summed E-state index contributed by atoms with van der Waals surface area (Å²) in [6.45, 7) is 2.15. The van der Waals surface area contributed by atoms with Crippen molar-refractivity contribution in [1.29, 1.82) is 0 Å². The van der Waals surface area contributed by atoms with Gasteiger partial charge in [-0.2, -0.15) is 0 Å². The monoisotopic (exact) mass is 481 g/mol. The van der Waals surface area contributed by atoms with Crippen LogP contribution in [0.1, 0.15) is 52.6 Å². The summed E-state index contributed by atoms with van der Waals surface area (Å²) in [5, 5.41) is 18.6. The van der Waals surface area contributed by atoms with Gasteiger partial charge in [-0.15, -0.1) is 11.3 Å². The molecule has 1 saturated carbocycles. The Bertz CT molecular complexity index is 1440. The molecular weight excluding hydrogens is 454 g/mol. The van der Waals surface area contributed by atoms with Crippen LogP contribution in [0.25, 0.3) is 27.4 Å². The molecule has 0 aliphatic heterocycles. The molecule has 0 amide bonds. The maximum atomic E-state index is 10.9. The fourth-order valence-electron chi connectivity index (χ4n) is 4.80. The van der Waals surface area contributed by atoms with Gasteiger partial charge < -0.3 is 10.2 Å². The van der Waals surface area contributed by atoms with E-state index in [1.165, 1.54) is 23.1 Å². The Kier molecular flexibility index (Phi) is 6.62. The van der Waals surface area contributed by atoms with Gasteiger partial charge in [0.05, 0.1) is 22.3 Å². The second kappa shape index (κ2) is 9.98. The zero-order valence-electron chi connectivity index (χ0n) is 19.6. The fourth-order valence-corrected chi connectivity index (χ4v) is 5.46. The first-order valence-electron chi connectivity index (χ1n) is 11.8. The lowest BCUT2D eigenvalue weighted by molar-refractivity contribution is -0.131. The van der Waals surface area contributed by atoms with Crippen LogP contribution in [0.4, 0.5) is 0 Å². The van der Waals surface area contributed by atoms with Crippen molar-refractivity contribution >= 4 is 44.7 Å². The number of aliphatic hydroxyl groups is 1. The van der Waals surface area contributed by atoms with Crippen molar-refractivity contribution in [2.75, 3.05) is 0 Å². The van der Waals surface area contributed by atoms with Crippen molar-refractivity contribution < 1.29 is 15.0 Å². The van der Waals surface area contributed by atoms with Crippen LogP contribution in [-0.4, -0.2) is 21.2 Å². The molecule has 35 heavy (non-hydrogen) atoms. The quantitative estimate of drug-likeness (QED) is 0.221. The summed E-state index contributed by atoms with van der Waals surface area (Å²) in [6, 6.07) is 20.9. The van der Waals surface area contributed by atoms with Crippen molar-refractivity contribution in [1.82, 2.24) is 4.98 Å². The number of aromatic nitrogens is 1. The average Bonchev–Trinajstić information content (AvgIpc) is 3.30. The second-order valence-corrected chi connectivity index (χ2v) is 9.94. The van der Waals surface area contributed by atoms with Crippen molar-refractivity contribution in [3.05, 3.63) is 106 Å². The van der Waals surface area contributed by atoms with E-state index in [1.807, 2.05) is 23.7 Å². The Hall–Kier alpha value is -3.54.